The highest BCUT2D eigenvalue weighted by Crippen LogP contribution is 2.32. The number of hydrogen-bond donors (Lipinski definition) is 1. The first kappa shape index (κ1) is 19.4. The van der Waals surface area contributed by atoms with Gasteiger partial charge in [0.2, 0.25) is 11.8 Å². The summed E-state index contributed by atoms with van der Waals surface area (Å²) in [5.74, 6) is -0.477. The van der Waals surface area contributed by atoms with Gasteiger partial charge in [0.1, 0.15) is 13.1 Å². The van der Waals surface area contributed by atoms with Gasteiger partial charge in [0.25, 0.3) is 0 Å². The van der Waals surface area contributed by atoms with Gasteiger partial charge in [0.05, 0.1) is 12.8 Å². The van der Waals surface area contributed by atoms with Gasteiger partial charge in [-0.15, -0.1) is 0 Å². The molecule has 1 fully saturated rings. The normalized spacial score (nSPS) is 16.6. The molecule has 28 heavy (non-hydrogen) atoms. The highest BCUT2D eigenvalue weighted by atomic mass is 16.5. The molecule has 0 bridgehead atoms. The molecule has 7 heteroatoms. The summed E-state index contributed by atoms with van der Waals surface area (Å²) in [6.07, 6.45) is -0.678. The maximum absolute atomic E-state index is 12.9. The van der Waals surface area contributed by atoms with E-state index in [0.717, 1.165) is 16.8 Å². The molecule has 1 aliphatic heterocycles. The Hall–Kier alpha value is -3.35. The van der Waals surface area contributed by atoms with Crippen molar-refractivity contribution in [3.05, 3.63) is 54.6 Å². The average Bonchev–Trinajstić information content (AvgIpc) is 2.73. The maximum Gasteiger partial charge on any atom is 0.407 e. The lowest BCUT2D eigenvalue weighted by Gasteiger charge is -2.40. The number of nitrogens with zero attached hydrogens (tertiary/aromatic N) is 2. The quantitative estimate of drug-likeness (QED) is 0.881. The molecule has 1 heterocycles. The minimum Gasteiger partial charge on any atom is -0.453 e. The molecule has 1 aliphatic rings. The fourth-order valence-corrected chi connectivity index (χ4v) is 3.31. The second-order valence-electron chi connectivity index (χ2n) is 6.60. The Balaban J connectivity index is 1.78. The van der Waals surface area contributed by atoms with Crippen molar-refractivity contribution in [2.45, 2.75) is 13.0 Å². The van der Waals surface area contributed by atoms with Crippen LogP contribution in [0.25, 0.3) is 11.1 Å². The van der Waals surface area contributed by atoms with Crippen LogP contribution in [0.5, 0.6) is 0 Å². The van der Waals surface area contributed by atoms with Gasteiger partial charge in [-0.1, -0.05) is 48.5 Å². The Morgan fingerprint density at radius 3 is 2.50 bits per heavy atom. The van der Waals surface area contributed by atoms with Crippen molar-refractivity contribution < 1.29 is 19.1 Å². The molecule has 0 aromatic heterocycles. The molecule has 0 spiro atoms. The third-order valence-electron chi connectivity index (χ3n) is 4.75. The van der Waals surface area contributed by atoms with E-state index < -0.39 is 6.09 Å². The topological polar surface area (TPSA) is 79.0 Å². The summed E-state index contributed by atoms with van der Waals surface area (Å²) in [6.45, 7) is 2.03. The highest BCUT2D eigenvalue weighted by Gasteiger charge is 2.34. The Kier molecular flexibility index (Phi) is 5.93. The number of carbonyl (C=O) groups is 3. The Morgan fingerprint density at radius 2 is 1.79 bits per heavy atom. The summed E-state index contributed by atoms with van der Waals surface area (Å²) in [7, 11) is 1.23. The number of rotatable bonds is 4. The first-order valence-corrected chi connectivity index (χ1v) is 9.07. The molecule has 0 unspecified atom stereocenters. The van der Waals surface area contributed by atoms with Crippen LogP contribution >= 0.6 is 0 Å². The van der Waals surface area contributed by atoms with E-state index in [1.165, 1.54) is 12.0 Å². The number of amides is 3. The largest absolute Gasteiger partial charge is 0.453 e. The number of anilines is 1. The van der Waals surface area contributed by atoms with Crippen LogP contribution in [0.4, 0.5) is 10.5 Å². The van der Waals surface area contributed by atoms with Gasteiger partial charge in [0.15, 0.2) is 0 Å². The fraction of sp³-hybridized carbons (Fsp3) is 0.286. The second-order valence-corrected chi connectivity index (χ2v) is 6.60. The zero-order valence-corrected chi connectivity index (χ0v) is 15.9. The van der Waals surface area contributed by atoms with Gasteiger partial charge >= 0.3 is 6.09 Å². The van der Waals surface area contributed by atoms with Crippen LogP contribution in [-0.4, -0.2) is 55.6 Å². The number of para-hydroxylation sites is 1. The Labute approximate surface area is 163 Å². The third kappa shape index (κ3) is 4.14. The summed E-state index contributed by atoms with van der Waals surface area (Å²) in [6, 6.07) is 17.4. The van der Waals surface area contributed by atoms with Crippen molar-refractivity contribution in [2.24, 2.45) is 0 Å². The highest BCUT2D eigenvalue weighted by molar-refractivity contribution is 6.01. The molecule has 0 aliphatic carbocycles. The Bertz CT molecular complexity index is 869. The van der Waals surface area contributed by atoms with Crippen LogP contribution in [0, 0.1) is 0 Å². The molecule has 2 aromatic carbocycles. The molecule has 0 saturated carbocycles. The van der Waals surface area contributed by atoms with Gasteiger partial charge in [0, 0.05) is 18.2 Å². The first-order valence-electron chi connectivity index (χ1n) is 9.07. The van der Waals surface area contributed by atoms with E-state index in [1.54, 1.807) is 4.90 Å². The van der Waals surface area contributed by atoms with Gasteiger partial charge in [-0.3, -0.25) is 9.59 Å². The van der Waals surface area contributed by atoms with Crippen LogP contribution in [0.3, 0.4) is 0 Å². The van der Waals surface area contributed by atoms with E-state index in [1.807, 2.05) is 61.5 Å². The third-order valence-corrected chi connectivity index (χ3v) is 4.75. The van der Waals surface area contributed by atoms with E-state index in [0.29, 0.717) is 6.54 Å². The number of piperazine rings is 1. The van der Waals surface area contributed by atoms with Crippen LogP contribution in [0.15, 0.2) is 54.6 Å². The number of ether oxygens (including phenoxy) is 1. The summed E-state index contributed by atoms with van der Waals surface area (Å²) in [5, 5.41) is 2.36. The maximum atomic E-state index is 12.9. The molecule has 3 rings (SSSR count). The Morgan fingerprint density at radius 1 is 1.11 bits per heavy atom. The first-order chi connectivity index (χ1) is 13.5. The van der Waals surface area contributed by atoms with Crippen LogP contribution in [0.2, 0.25) is 0 Å². The smallest absolute Gasteiger partial charge is 0.407 e. The molecular formula is C21H23N3O4. The van der Waals surface area contributed by atoms with E-state index in [2.05, 4.69) is 10.1 Å². The predicted molar refractivity (Wildman–Crippen MR) is 106 cm³/mol. The van der Waals surface area contributed by atoms with Crippen molar-refractivity contribution >= 4 is 23.6 Å². The summed E-state index contributed by atoms with van der Waals surface area (Å²) < 4.78 is 4.47. The number of methoxy groups -OCH3 is 1. The standard InChI is InChI=1S/C21H23N3O4/c1-15-13-24(20(26)14-23(15)19(25)12-22-21(27)28-2)18-11-7-6-10-17(18)16-8-4-3-5-9-16/h3-11,15H,12-14H2,1-2H3,(H,22,27)/t15-/m1/s1. The van der Waals surface area contributed by atoms with E-state index in [9.17, 15) is 14.4 Å². The van der Waals surface area contributed by atoms with Gasteiger partial charge < -0.3 is 19.9 Å². The molecule has 2 aromatic rings. The van der Waals surface area contributed by atoms with Crippen molar-refractivity contribution in [2.75, 3.05) is 31.6 Å². The molecule has 0 radical (unpaired) electrons. The van der Waals surface area contributed by atoms with Crippen molar-refractivity contribution in [3.63, 3.8) is 0 Å². The fourth-order valence-electron chi connectivity index (χ4n) is 3.31. The van der Waals surface area contributed by atoms with Crippen molar-refractivity contribution in [1.82, 2.24) is 10.2 Å². The summed E-state index contributed by atoms with van der Waals surface area (Å²) in [4.78, 5) is 39.6. The van der Waals surface area contributed by atoms with E-state index >= 15 is 0 Å². The second kappa shape index (κ2) is 8.56. The van der Waals surface area contributed by atoms with Gasteiger partial charge in [-0.25, -0.2) is 4.79 Å². The molecule has 1 saturated heterocycles. The average molecular weight is 381 g/mol. The summed E-state index contributed by atoms with van der Waals surface area (Å²) in [5.41, 5.74) is 2.82. The minimum atomic E-state index is -0.678. The number of nitrogens with one attached hydrogen (secondary N) is 1. The van der Waals surface area contributed by atoms with Gasteiger partial charge in [-0.05, 0) is 18.6 Å². The molecule has 1 atom stereocenters. The van der Waals surface area contributed by atoms with Crippen molar-refractivity contribution in [1.29, 1.82) is 0 Å². The van der Waals surface area contributed by atoms with E-state index in [-0.39, 0.29) is 30.9 Å². The van der Waals surface area contributed by atoms with Crippen LogP contribution in [0.1, 0.15) is 6.92 Å². The van der Waals surface area contributed by atoms with E-state index in [4.69, 9.17) is 0 Å². The SMILES string of the molecule is COC(=O)NCC(=O)N1CC(=O)N(c2ccccc2-c2ccccc2)C[C@H]1C. The minimum absolute atomic E-state index is 0.0357. The monoisotopic (exact) mass is 381 g/mol. The predicted octanol–water partition coefficient (Wildman–Crippen LogP) is 2.27. The van der Waals surface area contributed by atoms with Crippen LogP contribution < -0.4 is 10.2 Å². The lowest BCUT2D eigenvalue weighted by molar-refractivity contribution is -0.138. The van der Waals surface area contributed by atoms with Crippen molar-refractivity contribution in [3.8, 4) is 11.1 Å². The molecule has 3 amide bonds. The zero-order valence-electron chi connectivity index (χ0n) is 15.9. The molecular weight excluding hydrogens is 358 g/mol. The molecule has 7 nitrogen and oxygen atoms in total. The lowest BCUT2D eigenvalue weighted by Crippen LogP contribution is -2.58. The summed E-state index contributed by atoms with van der Waals surface area (Å²) >= 11 is 0. The number of carbonyl (C=O) groups excluding carboxylic acids is 3. The lowest BCUT2D eigenvalue weighted by atomic mass is 10.0. The molecule has 1 N–H and O–H groups in total. The van der Waals surface area contributed by atoms with Crippen LogP contribution in [-0.2, 0) is 14.3 Å². The number of benzene rings is 2. The number of alkyl carbamates (subject to hydrolysis) is 1. The number of hydrogen-bond acceptors (Lipinski definition) is 4. The zero-order chi connectivity index (χ0) is 20.1. The van der Waals surface area contributed by atoms with Gasteiger partial charge in [-0.2, -0.15) is 0 Å². The molecule has 146 valence electrons.